The van der Waals surface area contributed by atoms with E-state index in [2.05, 4.69) is 32.3 Å². The SMILES string of the molecule is O=C(Nc1ccc2c(c1)CCN(C1CCC1)CC2)c1cncc(-n2ccnc2)c1. The Morgan fingerprint density at radius 1 is 1.03 bits per heavy atom. The number of fused-ring (bicyclic) bond motifs is 1. The largest absolute Gasteiger partial charge is 0.322 e. The molecular weight excluding hydrogens is 362 g/mol. The van der Waals surface area contributed by atoms with E-state index in [1.807, 2.05) is 22.9 Å². The van der Waals surface area contributed by atoms with Crippen LogP contribution in [-0.4, -0.2) is 44.5 Å². The molecule has 2 aromatic heterocycles. The average molecular weight is 387 g/mol. The van der Waals surface area contributed by atoms with Crippen molar-refractivity contribution in [2.24, 2.45) is 0 Å². The maximum absolute atomic E-state index is 12.8. The zero-order valence-electron chi connectivity index (χ0n) is 16.4. The highest BCUT2D eigenvalue weighted by molar-refractivity contribution is 6.04. The van der Waals surface area contributed by atoms with Gasteiger partial charge in [0.05, 0.1) is 23.8 Å². The molecule has 1 amide bonds. The van der Waals surface area contributed by atoms with Gasteiger partial charge < -0.3 is 9.88 Å². The molecule has 1 fully saturated rings. The van der Waals surface area contributed by atoms with Crippen LogP contribution in [0.2, 0.25) is 0 Å². The van der Waals surface area contributed by atoms with Crippen molar-refractivity contribution in [2.75, 3.05) is 18.4 Å². The van der Waals surface area contributed by atoms with E-state index in [4.69, 9.17) is 0 Å². The molecule has 0 atom stereocenters. The zero-order valence-corrected chi connectivity index (χ0v) is 16.4. The van der Waals surface area contributed by atoms with Crippen LogP contribution in [-0.2, 0) is 12.8 Å². The normalized spacial score (nSPS) is 17.2. The molecule has 2 aliphatic rings. The highest BCUT2D eigenvalue weighted by atomic mass is 16.1. The Morgan fingerprint density at radius 2 is 1.90 bits per heavy atom. The topological polar surface area (TPSA) is 63.1 Å². The Bertz CT molecular complexity index is 1010. The summed E-state index contributed by atoms with van der Waals surface area (Å²) in [5.74, 6) is -0.149. The van der Waals surface area contributed by atoms with Crippen molar-refractivity contribution in [2.45, 2.75) is 38.1 Å². The van der Waals surface area contributed by atoms with E-state index in [1.165, 1.54) is 30.4 Å². The van der Waals surface area contributed by atoms with Crippen LogP contribution >= 0.6 is 0 Å². The second kappa shape index (κ2) is 7.79. The number of carbonyl (C=O) groups is 1. The van der Waals surface area contributed by atoms with Gasteiger partial charge in [-0.15, -0.1) is 0 Å². The third kappa shape index (κ3) is 3.80. The number of nitrogens with one attached hydrogen (secondary N) is 1. The summed E-state index contributed by atoms with van der Waals surface area (Å²) in [5, 5.41) is 3.04. The molecule has 0 spiro atoms. The second-order valence-corrected chi connectivity index (χ2v) is 7.96. The Kier molecular flexibility index (Phi) is 4.86. The number of aromatic nitrogens is 3. The highest BCUT2D eigenvalue weighted by Crippen LogP contribution is 2.28. The van der Waals surface area contributed by atoms with Gasteiger partial charge in [0, 0.05) is 43.4 Å². The number of rotatable bonds is 4. The van der Waals surface area contributed by atoms with Gasteiger partial charge in [0.25, 0.3) is 5.91 Å². The van der Waals surface area contributed by atoms with Crippen molar-refractivity contribution in [1.82, 2.24) is 19.4 Å². The van der Waals surface area contributed by atoms with E-state index >= 15 is 0 Å². The molecule has 1 saturated carbocycles. The van der Waals surface area contributed by atoms with Gasteiger partial charge >= 0.3 is 0 Å². The van der Waals surface area contributed by atoms with Crippen LogP contribution in [0.1, 0.15) is 40.7 Å². The molecule has 0 unspecified atom stereocenters. The molecule has 3 aromatic rings. The third-order valence-electron chi connectivity index (χ3n) is 6.18. The van der Waals surface area contributed by atoms with Crippen LogP contribution < -0.4 is 5.32 Å². The molecule has 1 aromatic carbocycles. The first-order chi connectivity index (χ1) is 14.3. The van der Waals surface area contributed by atoms with Gasteiger partial charge in [-0.05, 0) is 55.0 Å². The Labute approximate surface area is 170 Å². The summed E-state index contributed by atoms with van der Waals surface area (Å²) >= 11 is 0. The number of pyridine rings is 1. The van der Waals surface area contributed by atoms with Crippen LogP contribution in [0.5, 0.6) is 0 Å². The predicted molar refractivity (Wildman–Crippen MR) is 112 cm³/mol. The van der Waals surface area contributed by atoms with Gasteiger partial charge in [0.2, 0.25) is 0 Å². The van der Waals surface area contributed by atoms with Crippen molar-refractivity contribution in [1.29, 1.82) is 0 Å². The number of anilines is 1. The monoisotopic (exact) mass is 387 g/mol. The molecule has 1 N–H and O–H groups in total. The lowest BCUT2D eigenvalue weighted by Crippen LogP contribution is -2.41. The number of imidazole rings is 1. The fraction of sp³-hybridized carbons (Fsp3) is 0.348. The molecule has 29 heavy (non-hydrogen) atoms. The summed E-state index contributed by atoms with van der Waals surface area (Å²) < 4.78 is 1.83. The molecule has 0 saturated heterocycles. The summed E-state index contributed by atoms with van der Waals surface area (Å²) in [5.41, 5.74) is 4.96. The minimum Gasteiger partial charge on any atom is -0.322 e. The molecule has 0 bridgehead atoms. The Morgan fingerprint density at radius 3 is 2.66 bits per heavy atom. The van der Waals surface area contributed by atoms with Crippen molar-refractivity contribution >= 4 is 11.6 Å². The van der Waals surface area contributed by atoms with Gasteiger partial charge in [0.1, 0.15) is 0 Å². The third-order valence-corrected chi connectivity index (χ3v) is 6.18. The Balaban J connectivity index is 1.30. The summed E-state index contributed by atoms with van der Waals surface area (Å²) in [6.07, 6.45) is 14.8. The van der Waals surface area contributed by atoms with E-state index < -0.39 is 0 Å². The molecule has 6 nitrogen and oxygen atoms in total. The minimum atomic E-state index is -0.149. The number of hydrogen-bond acceptors (Lipinski definition) is 4. The summed E-state index contributed by atoms with van der Waals surface area (Å²) in [6, 6.07) is 8.95. The van der Waals surface area contributed by atoms with Gasteiger partial charge in [0.15, 0.2) is 0 Å². The van der Waals surface area contributed by atoms with Gasteiger partial charge in [-0.25, -0.2) is 4.98 Å². The van der Waals surface area contributed by atoms with E-state index in [1.54, 1.807) is 24.9 Å². The highest BCUT2D eigenvalue weighted by Gasteiger charge is 2.26. The van der Waals surface area contributed by atoms with E-state index in [-0.39, 0.29) is 5.91 Å². The fourth-order valence-electron chi connectivity index (χ4n) is 4.25. The molecule has 148 valence electrons. The van der Waals surface area contributed by atoms with Crippen LogP contribution in [0, 0.1) is 0 Å². The summed E-state index contributed by atoms with van der Waals surface area (Å²) in [6.45, 7) is 2.27. The molecule has 0 radical (unpaired) electrons. The van der Waals surface area contributed by atoms with Crippen LogP contribution in [0.15, 0.2) is 55.4 Å². The molecule has 6 heteroatoms. The maximum atomic E-state index is 12.8. The quantitative estimate of drug-likeness (QED) is 0.745. The second-order valence-electron chi connectivity index (χ2n) is 7.96. The van der Waals surface area contributed by atoms with Crippen LogP contribution in [0.25, 0.3) is 5.69 Å². The lowest BCUT2D eigenvalue weighted by molar-refractivity contribution is 0.102. The van der Waals surface area contributed by atoms with Crippen LogP contribution in [0.3, 0.4) is 0 Å². The van der Waals surface area contributed by atoms with E-state index in [0.717, 1.165) is 43.3 Å². The first-order valence-electron chi connectivity index (χ1n) is 10.4. The maximum Gasteiger partial charge on any atom is 0.257 e. The Hall–Kier alpha value is -2.99. The van der Waals surface area contributed by atoms with Crippen LogP contribution in [0.4, 0.5) is 5.69 Å². The van der Waals surface area contributed by atoms with E-state index in [9.17, 15) is 4.79 Å². The first-order valence-corrected chi connectivity index (χ1v) is 10.4. The number of amides is 1. The van der Waals surface area contributed by atoms with Crippen molar-refractivity contribution in [3.63, 3.8) is 0 Å². The fourth-order valence-corrected chi connectivity index (χ4v) is 4.25. The standard InChI is InChI=1S/C23H25N5O/c29-23(19-13-22(15-25-14-19)28-11-8-24-16-28)26-20-5-4-17-6-9-27(21-2-1-3-21)10-7-18(17)12-20/h4-5,8,11-16,21H,1-3,6-7,9-10H2,(H,26,29). The predicted octanol–water partition coefficient (Wildman–Crippen LogP) is 3.47. The van der Waals surface area contributed by atoms with Gasteiger partial charge in [-0.1, -0.05) is 12.5 Å². The molecule has 5 rings (SSSR count). The average Bonchev–Trinajstić information content (AvgIpc) is 3.17. The van der Waals surface area contributed by atoms with Gasteiger partial charge in [-0.2, -0.15) is 0 Å². The minimum absolute atomic E-state index is 0.149. The molecule has 1 aliphatic heterocycles. The zero-order chi connectivity index (χ0) is 19.6. The van der Waals surface area contributed by atoms with Crippen molar-refractivity contribution in [3.05, 3.63) is 72.1 Å². The van der Waals surface area contributed by atoms with Crippen molar-refractivity contribution < 1.29 is 4.79 Å². The first kappa shape index (κ1) is 18.1. The number of carbonyl (C=O) groups excluding carboxylic acids is 1. The lowest BCUT2D eigenvalue weighted by Gasteiger charge is -2.36. The number of benzene rings is 1. The van der Waals surface area contributed by atoms with Crippen molar-refractivity contribution in [3.8, 4) is 5.69 Å². The summed E-state index contributed by atoms with van der Waals surface area (Å²) in [7, 11) is 0. The smallest absolute Gasteiger partial charge is 0.257 e. The molecule has 3 heterocycles. The lowest BCUT2D eigenvalue weighted by atomic mass is 9.91. The van der Waals surface area contributed by atoms with E-state index in [0.29, 0.717) is 5.56 Å². The molecular formula is C23H25N5O. The van der Waals surface area contributed by atoms with Gasteiger partial charge in [-0.3, -0.25) is 14.7 Å². The summed E-state index contributed by atoms with van der Waals surface area (Å²) in [4.78, 5) is 23.7. The number of hydrogen-bond donors (Lipinski definition) is 1. The molecule has 1 aliphatic carbocycles. The number of nitrogens with zero attached hydrogens (tertiary/aromatic N) is 4.